The van der Waals surface area contributed by atoms with Crippen molar-refractivity contribution < 1.29 is 17.6 Å². The zero-order chi connectivity index (χ0) is 20.8. The first-order chi connectivity index (χ1) is 13.8. The lowest BCUT2D eigenvalue weighted by Gasteiger charge is -2.20. The first kappa shape index (κ1) is 19.4. The molecule has 152 valence electrons. The van der Waals surface area contributed by atoms with Gasteiger partial charge in [-0.05, 0) is 30.2 Å². The van der Waals surface area contributed by atoms with Gasteiger partial charge in [-0.15, -0.1) is 0 Å². The Morgan fingerprint density at radius 3 is 2.52 bits per heavy atom. The first-order valence-electron chi connectivity index (χ1n) is 9.33. The van der Waals surface area contributed by atoms with Crippen molar-refractivity contribution in [3.63, 3.8) is 0 Å². The molecular formula is C20H21FN4O3S. The van der Waals surface area contributed by atoms with E-state index in [1.54, 1.807) is 56.4 Å². The van der Waals surface area contributed by atoms with E-state index < -0.39 is 21.9 Å². The molecule has 0 atom stereocenters. The molecule has 1 fully saturated rings. The average Bonchev–Trinajstić information content (AvgIpc) is 3.25. The van der Waals surface area contributed by atoms with Gasteiger partial charge >= 0.3 is 6.03 Å². The molecular weight excluding hydrogens is 395 g/mol. The van der Waals surface area contributed by atoms with Crippen molar-refractivity contribution in [2.45, 2.75) is 13.8 Å². The summed E-state index contributed by atoms with van der Waals surface area (Å²) in [5.41, 5.74) is 1.48. The van der Waals surface area contributed by atoms with Gasteiger partial charge in [0.15, 0.2) is 0 Å². The molecule has 0 N–H and O–H groups in total. The number of nitrogens with zero attached hydrogens (tertiary/aromatic N) is 4. The molecule has 0 bridgehead atoms. The second-order valence-electron chi connectivity index (χ2n) is 7.40. The molecule has 0 spiro atoms. The molecule has 1 aromatic heterocycles. The molecule has 0 saturated carbocycles. The fourth-order valence-electron chi connectivity index (χ4n) is 3.60. The van der Waals surface area contributed by atoms with Gasteiger partial charge in [-0.1, -0.05) is 32.0 Å². The summed E-state index contributed by atoms with van der Waals surface area (Å²) >= 11 is 0. The van der Waals surface area contributed by atoms with Gasteiger partial charge in [-0.3, -0.25) is 4.90 Å². The molecule has 0 unspecified atom stereocenters. The van der Waals surface area contributed by atoms with Crippen LogP contribution in [0.3, 0.4) is 0 Å². The fourth-order valence-corrected chi connectivity index (χ4v) is 5.31. The Bertz CT molecular complexity index is 1190. The van der Waals surface area contributed by atoms with Gasteiger partial charge in [0, 0.05) is 11.9 Å². The third kappa shape index (κ3) is 3.35. The lowest BCUT2D eigenvalue weighted by atomic mass is 10.2. The van der Waals surface area contributed by atoms with Crippen LogP contribution in [-0.2, 0) is 10.0 Å². The van der Waals surface area contributed by atoms with Crippen LogP contribution >= 0.6 is 0 Å². The van der Waals surface area contributed by atoms with Gasteiger partial charge in [0.05, 0.1) is 29.7 Å². The van der Waals surface area contributed by atoms with Gasteiger partial charge in [0.1, 0.15) is 11.5 Å². The molecule has 3 aromatic rings. The molecule has 1 saturated heterocycles. The number of hydrogen-bond donors (Lipinski definition) is 0. The Kier molecular flexibility index (Phi) is 4.77. The van der Waals surface area contributed by atoms with Gasteiger partial charge in [0.25, 0.3) is 0 Å². The quantitative estimate of drug-likeness (QED) is 0.639. The highest BCUT2D eigenvalue weighted by Crippen LogP contribution is 2.32. The van der Waals surface area contributed by atoms with Crippen LogP contribution in [0.4, 0.5) is 14.9 Å². The van der Waals surface area contributed by atoms with E-state index in [0.29, 0.717) is 22.3 Å². The van der Waals surface area contributed by atoms with Crippen molar-refractivity contribution in [2.24, 2.45) is 5.92 Å². The maximum atomic E-state index is 14.2. The Morgan fingerprint density at radius 2 is 1.79 bits per heavy atom. The number of fused-ring (bicyclic) bond motifs is 1. The van der Waals surface area contributed by atoms with E-state index >= 15 is 0 Å². The fraction of sp³-hybridized carbons (Fsp3) is 0.300. The van der Waals surface area contributed by atoms with Crippen molar-refractivity contribution in [2.75, 3.05) is 23.7 Å². The molecule has 9 heteroatoms. The van der Waals surface area contributed by atoms with Gasteiger partial charge < -0.3 is 0 Å². The number of amides is 2. The summed E-state index contributed by atoms with van der Waals surface area (Å²) in [6.07, 6.45) is 1.57. The Balaban J connectivity index is 1.73. The van der Waals surface area contributed by atoms with Crippen molar-refractivity contribution in [1.29, 1.82) is 0 Å². The zero-order valence-electron chi connectivity index (χ0n) is 16.1. The number of anilines is 1. The predicted octanol–water partition coefficient (Wildman–Crippen LogP) is 3.39. The number of hydrogen-bond acceptors (Lipinski definition) is 4. The number of sulfonamides is 1. The smallest absolute Gasteiger partial charge is 0.291 e. The van der Waals surface area contributed by atoms with Crippen LogP contribution in [-0.4, -0.2) is 47.4 Å². The SMILES string of the molecule is CC(C)CS(=O)(=O)N1CCN(c2cccc3c2cnn3-c2ccccc2F)C1=O. The van der Waals surface area contributed by atoms with Crippen LogP contribution < -0.4 is 4.90 Å². The molecule has 1 aliphatic rings. The Morgan fingerprint density at radius 1 is 1.07 bits per heavy atom. The second kappa shape index (κ2) is 7.14. The molecule has 4 rings (SSSR count). The number of benzene rings is 2. The molecule has 29 heavy (non-hydrogen) atoms. The summed E-state index contributed by atoms with van der Waals surface area (Å²) in [7, 11) is -3.67. The van der Waals surface area contributed by atoms with E-state index in [1.807, 2.05) is 0 Å². The minimum Gasteiger partial charge on any atom is -0.291 e. The van der Waals surface area contributed by atoms with Gasteiger partial charge in [-0.2, -0.15) is 5.10 Å². The molecule has 1 aliphatic heterocycles. The Hall–Kier alpha value is -2.94. The highest BCUT2D eigenvalue weighted by Gasteiger charge is 2.38. The van der Waals surface area contributed by atoms with Crippen LogP contribution in [0.5, 0.6) is 0 Å². The minimum absolute atomic E-state index is 0.0794. The predicted molar refractivity (Wildman–Crippen MR) is 109 cm³/mol. The number of carbonyl (C=O) groups excluding carboxylic acids is 1. The summed E-state index contributed by atoms with van der Waals surface area (Å²) in [6, 6.07) is 11.0. The number of carbonyl (C=O) groups is 1. The third-order valence-electron chi connectivity index (χ3n) is 4.81. The lowest BCUT2D eigenvalue weighted by molar-refractivity contribution is 0.239. The third-order valence-corrected chi connectivity index (χ3v) is 6.91. The lowest BCUT2D eigenvalue weighted by Crippen LogP contribution is -2.38. The van der Waals surface area contributed by atoms with Crippen LogP contribution in [0, 0.1) is 11.7 Å². The summed E-state index contributed by atoms with van der Waals surface area (Å²) in [5.74, 6) is -0.572. The topological polar surface area (TPSA) is 75.5 Å². The van der Waals surface area contributed by atoms with Crippen molar-refractivity contribution in [3.8, 4) is 5.69 Å². The summed E-state index contributed by atoms with van der Waals surface area (Å²) < 4.78 is 41.7. The summed E-state index contributed by atoms with van der Waals surface area (Å²) in [4.78, 5) is 14.3. The van der Waals surface area contributed by atoms with Gasteiger partial charge in [-0.25, -0.2) is 26.6 Å². The summed E-state index contributed by atoms with van der Waals surface area (Å²) in [5, 5.41) is 4.94. The minimum atomic E-state index is -3.67. The molecule has 2 heterocycles. The first-order valence-corrected chi connectivity index (χ1v) is 10.9. The number of aromatic nitrogens is 2. The van der Waals surface area contributed by atoms with Gasteiger partial charge in [0.2, 0.25) is 10.0 Å². The highest BCUT2D eigenvalue weighted by molar-refractivity contribution is 7.89. The van der Waals surface area contributed by atoms with E-state index in [1.165, 1.54) is 15.6 Å². The zero-order valence-corrected chi connectivity index (χ0v) is 16.9. The van der Waals surface area contributed by atoms with Crippen LogP contribution in [0.25, 0.3) is 16.6 Å². The van der Waals surface area contributed by atoms with E-state index in [2.05, 4.69) is 5.10 Å². The van der Waals surface area contributed by atoms with E-state index in [-0.39, 0.29) is 24.8 Å². The molecule has 2 aromatic carbocycles. The van der Waals surface area contributed by atoms with E-state index in [0.717, 1.165) is 4.31 Å². The number of urea groups is 1. The second-order valence-corrected chi connectivity index (χ2v) is 9.33. The standard InChI is InChI=1S/C20H21FN4O3S/c1-14(2)13-29(27,28)24-11-10-23(20(24)26)17-8-5-9-18-15(17)12-22-25(18)19-7-4-3-6-16(19)21/h3-9,12,14H,10-11,13H2,1-2H3. The average molecular weight is 416 g/mol. The van der Waals surface area contributed by atoms with E-state index in [4.69, 9.17) is 0 Å². The van der Waals surface area contributed by atoms with Crippen LogP contribution in [0.15, 0.2) is 48.7 Å². The molecule has 2 amide bonds. The van der Waals surface area contributed by atoms with Crippen molar-refractivity contribution in [1.82, 2.24) is 14.1 Å². The summed E-state index contributed by atoms with van der Waals surface area (Å²) in [6.45, 7) is 3.95. The molecule has 0 radical (unpaired) electrons. The highest BCUT2D eigenvalue weighted by atomic mass is 32.2. The van der Waals surface area contributed by atoms with E-state index in [9.17, 15) is 17.6 Å². The largest absolute Gasteiger partial charge is 0.338 e. The maximum absolute atomic E-state index is 14.2. The number of rotatable bonds is 5. The number of para-hydroxylation sites is 1. The van der Waals surface area contributed by atoms with Crippen molar-refractivity contribution >= 4 is 32.6 Å². The molecule has 7 nitrogen and oxygen atoms in total. The molecule has 0 aliphatic carbocycles. The number of halogens is 1. The Labute approximate surface area is 168 Å². The van der Waals surface area contributed by atoms with Crippen LogP contribution in [0.2, 0.25) is 0 Å². The monoisotopic (exact) mass is 416 g/mol. The van der Waals surface area contributed by atoms with Crippen molar-refractivity contribution in [3.05, 3.63) is 54.5 Å². The normalized spacial score (nSPS) is 15.1. The maximum Gasteiger partial charge on any atom is 0.338 e. The van der Waals surface area contributed by atoms with Crippen LogP contribution in [0.1, 0.15) is 13.8 Å².